The number of hydrogen-bond donors (Lipinski definition) is 2. The number of halogens is 1. The van der Waals surface area contributed by atoms with Crippen LogP contribution in [-0.4, -0.2) is 27.1 Å². The summed E-state index contributed by atoms with van der Waals surface area (Å²) in [4.78, 5) is 21.2. The summed E-state index contributed by atoms with van der Waals surface area (Å²) in [6, 6.07) is 24.4. The lowest BCUT2D eigenvalue weighted by Gasteiger charge is -2.18. The Labute approximate surface area is 185 Å². The van der Waals surface area contributed by atoms with Crippen molar-refractivity contribution in [2.24, 2.45) is 0 Å². The molecule has 0 bridgehead atoms. The van der Waals surface area contributed by atoms with Crippen LogP contribution in [0.4, 0.5) is 10.2 Å². The van der Waals surface area contributed by atoms with Crippen molar-refractivity contribution in [2.75, 3.05) is 5.32 Å². The fourth-order valence-corrected chi connectivity index (χ4v) is 3.47. The summed E-state index contributed by atoms with van der Waals surface area (Å²) < 4.78 is 13.7. The van der Waals surface area contributed by atoms with Gasteiger partial charge in [0, 0.05) is 18.4 Å². The third-order valence-corrected chi connectivity index (χ3v) is 5.07. The molecule has 3 aromatic carbocycles. The molecule has 1 heterocycles. The lowest BCUT2D eigenvalue weighted by atomic mass is 10.0. The average Bonchev–Trinajstić information content (AvgIpc) is 2.81. The van der Waals surface area contributed by atoms with Gasteiger partial charge in [-0.15, -0.1) is 0 Å². The summed E-state index contributed by atoms with van der Waals surface area (Å²) in [7, 11) is 0. The molecule has 1 unspecified atom stereocenters. The molecule has 4 aromatic rings. The van der Waals surface area contributed by atoms with Gasteiger partial charge in [-0.2, -0.15) is 0 Å². The van der Waals surface area contributed by atoms with E-state index in [9.17, 15) is 14.3 Å². The number of carboxylic acid groups (broad SMARTS) is 1. The summed E-state index contributed by atoms with van der Waals surface area (Å²) in [5.74, 6) is -0.951. The SMILES string of the molecule is O=C(O)C(Cc1ccccc1)Nc1ncc(-c2ccccc2)nc1Cc1cccc(F)c1. The average molecular weight is 427 g/mol. The van der Waals surface area contributed by atoms with Crippen LogP contribution in [-0.2, 0) is 17.6 Å². The molecule has 1 atom stereocenters. The van der Waals surface area contributed by atoms with Gasteiger partial charge >= 0.3 is 5.97 Å². The maximum atomic E-state index is 13.7. The number of carbonyl (C=O) groups is 1. The lowest BCUT2D eigenvalue weighted by Crippen LogP contribution is -2.32. The minimum Gasteiger partial charge on any atom is -0.480 e. The van der Waals surface area contributed by atoms with Crippen LogP contribution in [0.2, 0.25) is 0 Å². The topological polar surface area (TPSA) is 75.1 Å². The van der Waals surface area contributed by atoms with E-state index >= 15 is 0 Å². The molecule has 0 fully saturated rings. The Morgan fingerprint density at radius 3 is 2.31 bits per heavy atom. The Morgan fingerprint density at radius 1 is 0.938 bits per heavy atom. The van der Waals surface area contributed by atoms with Gasteiger partial charge in [-0.05, 0) is 23.3 Å². The Balaban J connectivity index is 1.68. The molecule has 6 heteroatoms. The molecule has 0 saturated carbocycles. The number of hydrogen-bond acceptors (Lipinski definition) is 4. The van der Waals surface area contributed by atoms with Gasteiger partial charge in [-0.3, -0.25) is 0 Å². The second-order valence-corrected chi connectivity index (χ2v) is 7.45. The second-order valence-electron chi connectivity index (χ2n) is 7.45. The molecule has 0 amide bonds. The van der Waals surface area contributed by atoms with E-state index in [2.05, 4.69) is 10.3 Å². The van der Waals surface area contributed by atoms with E-state index in [0.717, 1.165) is 16.7 Å². The van der Waals surface area contributed by atoms with E-state index in [1.54, 1.807) is 12.3 Å². The molecule has 0 aliphatic rings. The minimum absolute atomic E-state index is 0.289. The smallest absolute Gasteiger partial charge is 0.326 e. The standard InChI is InChI=1S/C26H22FN3O2/c27-21-13-7-10-19(14-21)16-22-25(28-17-24(29-22)20-11-5-2-6-12-20)30-23(26(31)32)15-18-8-3-1-4-9-18/h1-14,17,23H,15-16H2,(H,28,30)(H,31,32). The van der Waals surface area contributed by atoms with Gasteiger partial charge in [0.2, 0.25) is 0 Å². The monoisotopic (exact) mass is 427 g/mol. The summed E-state index contributed by atoms with van der Waals surface area (Å²) in [6.07, 6.45) is 2.22. The second kappa shape index (κ2) is 9.83. The van der Waals surface area contributed by atoms with Crippen LogP contribution in [0, 0.1) is 5.82 Å². The number of nitrogens with one attached hydrogen (secondary N) is 1. The number of rotatable bonds is 8. The van der Waals surface area contributed by atoms with Crippen molar-refractivity contribution in [3.8, 4) is 11.3 Å². The van der Waals surface area contributed by atoms with Gasteiger partial charge in [-0.1, -0.05) is 72.8 Å². The van der Waals surface area contributed by atoms with Crippen molar-refractivity contribution in [1.29, 1.82) is 0 Å². The van der Waals surface area contributed by atoms with Crippen molar-refractivity contribution in [3.05, 3.63) is 114 Å². The molecule has 1 aromatic heterocycles. The molecule has 0 spiro atoms. The summed E-state index contributed by atoms with van der Waals surface area (Å²) >= 11 is 0. The van der Waals surface area contributed by atoms with Crippen molar-refractivity contribution in [1.82, 2.24) is 9.97 Å². The molecule has 0 saturated heterocycles. The number of aliphatic carboxylic acids is 1. The van der Waals surface area contributed by atoms with E-state index in [-0.39, 0.29) is 12.2 Å². The van der Waals surface area contributed by atoms with Crippen LogP contribution in [0.5, 0.6) is 0 Å². The third kappa shape index (κ3) is 5.35. The quantitative estimate of drug-likeness (QED) is 0.415. The van der Waals surface area contributed by atoms with Crippen molar-refractivity contribution in [3.63, 3.8) is 0 Å². The number of anilines is 1. The van der Waals surface area contributed by atoms with Gasteiger partial charge in [0.25, 0.3) is 0 Å². The van der Waals surface area contributed by atoms with Crippen molar-refractivity contribution in [2.45, 2.75) is 18.9 Å². The Hall–Kier alpha value is -4.06. The van der Waals surface area contributed by atoms with E-state index < -0.39 is 12.0 Å². The number of nitrogens with zero attached hydrogens (tertiary/aromatic N) is 2. The third-order valence-electron chi connectivity index (χ3n) is 5.07. The molecule has 160 valence electrons. The van der Waals surface area contributed by atoms with Crippen LogP contribution in [0.25, 0.3) is 11.3 Å². The van der Waals surface area contributed by atoms with Crippen LogP contribution >= 0.6 is 0 Å². The van der Waals surface area contributed by atoms with Crippen LogP contribution in [0.15, 0.2) is 91.1 Å². The first-order valence-corrected chi connectivity index (χ1v) is 10.3. The molecule has 4 rings (SSSR count). The first kappa shape index (κ1) is 21.2. The van der Waals surface area contributed by atoms with Crippen LogP contribution in [0.1, 0.15) is 16.8 Å². The number of aromatic nitrogens is 2. The summed E-state index contributed by atoms with van der Waals surface area (Å²) in [6.45, 7) is 0. The van der Waals surface area contributed by atoms with Gasteiger partial charge < -0.3 is 10.4 Å². The molecular formula is C26H22FN3O2. The fraction of sp³-hybridized carbons (Fsp3) is 0.115. The Kier molecular flexibility index (Phi) is 6.51. The van der Waals surface area contributed by atoms with E-state index in [1.807, 2.05) is 66.7 Å². The highest BCUT2D eigenvalue weighted by Crippen LogP contribution is 2.23. The van der Waals surface area contributed by atoms with Gasteiger partial charge in [0.05, 0.1) is 17.6 Å². The van der Waals surface area contributed by atoms with Crippen molar-refractivity contribution >= 4 is 11.8 Å². The first-order valence-electron chi connectivity index (χ1n) is 10.3. The first-order chi connectivity index (χ1) is 15.6. The van der Waals surface area contributed by atoms with Crippen LogP contribution < -0.4 is 5.32 Å². The minimum atomic E-state index is -0.987. The normalized spacial score (nSPS) is 11.7. The molecule has 0 aliphatic heterocycles. The van der Waals surface area contributed by atoms with E-state index in [0.29, 0.717) is 23.6 Å². The Morgan fingerprint density at radius 2 is 1.62 bits per heavy atom. The number of benzene rings is 3. The highest BCUT2D eigenvalue weighted by molar-refractivity contribution is 5.77. The highest BCUT2D eigenvalue weighted by atomic mass is 19.1. The largest absolute Gasteiger partial charge is 0.480 e. The van der Waals surface area contributed by atoms with Gasteiger partial charge in [-0.25, -0.2) is 19.2 Å². The van der Waals surface area contributed by atoms with E-state index in [1.165, 1.54) is 12.1 Å². The molecular weight excluding hydrogens is 405 g/mol. The molecule has 0 radical (unpaired) electrons. The van der Waals surface area contributed by atoms with Crippen LogP contribution in [0.3, 0.4) is 0 Å². The predicted octanol–water partition coefficient (Wildman–Crippen LogP) is 4.98. The number of carboxylic acids is 1. The maximum Gasteiger partial charge on any atom is 0.326 e. The molecule has 32 heavy (non-hydrogen) atoms. The molecule has 2 N–H and O–H groups in total. The summed E-state index contributed by atoms with van der Waals surface area (Å²) in [5, 5.41) is 12.8. The zero-order valence-corrected chi connectivity index (χ0v) is 17.3. The zero-order chi connectivity index (χ0) is 22.3. The maximum absolute atomic E-state index is 13.7. The van der Waals surface area contributed by atoms with E-state index in [4.69, 9.17) is 4.98 Å². The Bertz CT molecular complexity index is 1200. The zero-order valence-electron chi connectivity index (χ0n) is 17.3. The van der Waals surface area contributed by atoms with Crippen molar-refractivity contribution < 1.29 is 14.3 Å². The molecule has 5 nitrogen and oxygen atoms in total. The van der Waals surface area contributed by atoms with Gasteiger partial charge in [0.1, 0.15) is 17.7 Å². The summed E-state index contributed by atoms with van der Waals surface area (Å²) in [5.41, 5.74) is 3.73. The van der Waals surface area contributed by atoms with Gasteiger partial charge in [0.15, 0.2) is 0 Å². The highest BCUT2D eigenvalue weighted by Gasteiger charge is 2.21. The predicted molar refractivity (Wildman–Crippen MR) is 122 cm³/mol. The lowest BCUT2D eigenvalue weighted by molar-refractivity contribution is -0.137. The molecule has 0 aliphatic carbocycles. The fourth-order valence-electron chi connectivity index (χ4n) is 3.47.